The number of piperidine rings is 1. The Balaban J connectivity index is 1.68. The predicted molar refractivity (Wildman–Crippen MR) is 94.9 cm³/mol. The summed E-state index contributed by atoms with van der Waals surface area (Å²) in [6, 6.07) is 7.73. The Labute approximate surface area is 148 Å². The van der Waals surface area contributed by atoms with Crippen LogP contribution in [0.4, 0.5) is 0 Å². The van der Waals surface area contributed by atoms with E-state index < -0.39 is 11.5 Å². The summed E-state index contributed by atoms with van der Waals surface area (Å²) in [5, 5.41) is 10.6. The van der Waals surface area contributed by atoms with Gasteiger partial charge in [-0.3, -0.25) is 14.5 Å². The first-order chi connectivity index (χ1) is 12.0. The second-order valence-corrected chi connectivity index (χ2v) is 7.38. The fraction of sp³-hybridized carbons (Fsp3) is 0.579. The molecule has 0 aromatic heterocycles. The molecule has 136 valence electrons. The summed E-state index contributed by atoms with van der Waals surface area (Å²) in [6.07, 6.45) is 3.54. The first-order valence-electron chi connectivity index (χ1n) is 9.06. The van der Waals surface area contributed by atoms with Crippen molar-refractivity contribution in [3.8, 4) is 0 Å². The molecule has 1 aromatic carbocycles. The van der Waals surface area contributed by atoms with Crippen LogP contribution in [-0.4, -0.2) is 58.5 Å². The quantitative estimate of drug-likeness (QED) is 0.837. The highest BCUT2D eigenvalue weighted by molar-refractivity contribution is 5.94. The molecular weight excluding hydrogens is 318 g/mol. The molecule has 2 aliphatic heterocycles. The number of amides is 2. The van der Waals surface area contributed by atoms with Crippen molar-refractivity contribution in [2.75, 3.05) is 26.2 Å². The second-order valence-electron chi connectivity index (χ2n) is 7.38. The maximum absolute atomic E-state index is 12.8. The number of hydrogen-bond acceptors (Lipinski definition) is 4. The molecule has 2 amide bonds. The third kappa shape index (κ3) is 4.58. The van der Waals surface area contributed by atoms with Crippen LogP contribution in [0.25, 0.3) is 0 Å². The number of carbonyl (C=O) groups excluding carboxylic acids is 2. The first-order valence-corrected chi connectivity index (χ1v) is 9.06. The number of primary amides is 1. The van der Waals surface area contributed by atoms with Gasteiger partial charge in [0.15, 0.2) is 0 Å². The predicted octanol–water partition coefficient (Wildman–Crippen LogP) is 1.12. The van der Waals surface area contributed by atoms with Crippen LogP contribution in [0.15, 0.2) is 24.3 Å². The van der Waals surface area contributed by atoms with Crippen LogP contribution in [0, 0.1) is 0 Å². The van der Waals surface area contributed by atoms with Gasteiger partial charge in [-0.2, -0.15) is 0 Å². The number of benzene rings is 1. The van der Waals surface area contributed by atoms with E-state index in [-0.39, 0.29) is 18.9 Å². The number of hydrogen-bond donors (Lipinski definition) is 2. The van der Waals surface area contributed by atoms with E-state index in [4.69, 9.17) is 5.73 Å². The fourth-order valence-corrected chi connectivity index (χ4v) is 3.94. The van der Waals surface area contributed by atoms with Gasteiger partial charge in [0.25, 0.3) is 5.91 Å². The zero-order chi connectivity index (χ0) is 17.9. The smallest absolute Gasteiger partial charge is 0.253 e. The second kappa shape index (κ2) is 7.54. The molecule has 0 spiro atoms. The molecule has 1 atom stereocenters. The van der Waals surface area contributed by atoms with Crippen molar-refractivity contribution >= 4 is 11.8 Å². The molecular formula is C19H27N3O3. The van der Waals surface area contributed by atoms with Crippen LogP contribution in [0.5, 0.6) is 0 Å². The summed E-state index contributed by atoms with van der Waals surface area (Å²) in [5.41, 5.74) is 5.81. The van der Waals surface area contributed by atoms with Gasteiger partial charge in [-0.1, -0.05) is 12.1 Å². The molecule has 1 unspecified atom stereocenters. The molecule has 6 heteroatoms. The third-order valence-electron chi connectivity index (χ3n) is 5.12. The number of likely N-dealkylation sites (tertiary alicyclic amines) is 2. The summed E-state index contributed by atoms with van der Waals surface area (Å²) >= 11 is 0. The summed E-state index contributed by atoms with van der Waals surface area (Å²) in [7, 11) is 0. The zero-order valence-corrected chi connectivity index (χ0v) is 14.6. The highest BCUT2D eigenvalue weighted by Gasteiger charge is 2.36. The Hall–Kier alpha value is -1.92. The average molecular weight is 345 g/mol. The molecule has 0 bridgehead atoms. The lowest BCUT2D eigenvalue weighted by Crippen LogP contribution is -2.51. The molecule has 2 saturated heterocycles. The molecule has 2 fully saturated rings. The van der Waals surface area contributed by atoms with Crippen molar-refractivity contribution in [3.05, 3.63) is 35.4 Å². The summed E-state index contributed by atoms with van der Waals surface area (Å²) in [5.74, 6) is -0.629. The van der Waals surface area contributed by atoms with Crippen LogP contribution < -0.4 is 5.73 Å². The first kappa shape index (κ1) is 17.9. The SMILES string of the molecule is NC(=O)CC1(O)CCCN(C(=O)c2cccc(CN3CCCC3)c2)C1. The zero-order valence-electron chi connectivity index (χ0n) is 14.6. The average Bonchev–Trinajstić information content (AvgIpc) is 3.06. The molecule has 1 aromatic rings. The maximum atomic E-state index is 12.8. The van der Waals surface area contributed by atoms with Gasteiger partial charge in [0.2, 0.25) is 5.91 Å². The van der Waals surface area contributed by atoms with E-state index in [1.54, 1.807) is 4.90 Å². The van der Waals surface area contributed by atoms with Gasteiger partial charge in [0, 0.05) is 18.7 Å². The number of nitrogens with two attached hydrogens (primary N) is 1. The van der Waals surface area contributed by atoms with E-state index in [0.29, 0.717) is 24.9 Å². The molecule has 2 aliphatic rings. The van der Waals surface area contributed by atoms with E-state index in [1.165, 1.54) is 12.8 Å². The molecule has 25 heavy (non-hydrogen) atoms. The Morgan fingerprint density at radius 2 is 1.92 bits per heavy atom. The lowest BCUT2D eigenvalue weighted by Gasteiger charge is -2.38. The maximum Gasteiger partial charge on any atom is 0.253 e. The summed E-state index contributed by atoms with van der Waals surface area (Å²) in [4.78, 5) is 28.1. The van der Waals surface area contributed by atoms with Crippen molar-refractivity contribution in [1.82, 2.24) is 9.80 Å². The minimum absolute atomic E-state index is 0.0918. The van der Waals surface area contributed by atoms with Gasteiger partial charge in [-0.05, 0) is 56.5 Å². The van der Waals surface area contributed by atoms with Gasteiger partial charge in [-0.25, -0.2) is 0 Å². The molecule has 0 saturated carbocycles. The topological polar surface area (TPSA) is 86.9 Å². The van der Waals surface area contributed by atoms with Crippen LogP contribution in [0.1, 0.15) is 48.0 Å². The summed E-state index contributed by atoms with van der Waals surface area (Å²) in [6.45, 7) is 3.85. The van der Waals surface area contributed by atoms with Crippen molar-refractivity contribution in [3.63, 3.8) is 0 Å². The van der Waals surface area contributed by atoms with Crippen molar-refractivity contribution in [2.24, 2.45) is 5.73 Å². The van der Waals surface area contributed by atoms with Gasteiger partial charge >= 0.3 is 0 Å². The van der Waals surface area contributed by atoms with Gasteiger partial charge in [-0.15, -0.1) is 0 Å². The van der Waals surface area contributed by atoms with Crippen molar-refractivity contribution in [1.29, 1.82) is 0 Å². The largest absolute Gasteiger partial charge is 0.388 e. The van der Waals surface area contributed by atoms with Gasteiger partial charge in [0.1, 0.15) is 0 Å². The Morgan fingerprint density at radius 1 is 1.16 bits per heavy atom. The molecule has 2 heterocycles. The minimum Gasteiger partial charge on any atom is -0.388 e. The number of aliphatic hydroxyl groups is 1. The van der Waals surface area contributed by atoms with E-state index >= 15 is 0 Å². The number of rotatable bonds is 5. The lowest BCUT2D eigenvalue weighted by atomic mass is 9.89. The minimum atomic E-state index is -1.20. The Kier molecular flexibility index (Phi) is 5.39. The molecule has 3 N–H and O–H groups in total. The highest BCUT2D eigenvalue weighted by Crippen LogP contribution is 2.25. The van der Waals surface area contributed by atoms with Crippen LogP contribution in [0.3, 0.4) is 0 Å². The molecule has 0 radical (unpaired) electrons. The standard InChI is InChI=1S/C19H27N3O3/c20-17(23)12-19(25)7-4-10-22(14-19)18(24)16-6-3-5-15(11-16)13-21-8-1-2-9-21/h3,5-6,11,25H,1-2,4,7-10,12-14H2,(H2,20,23). The van der Waals surface area contributed by atoms with Crippen LogP contribution in [0.2, 0.25) is 0 Å². The van der Waals surface area contributed by atoms with E-state index in [1.807, 2.05) is 18.2 Å². The Morgan fingerprint density at radius 3 is 2.64 bits per heavy atom. The van der Waals surface area contributed by atoms with E-state index in [0.717, 1.165) is 25.2 Å². The number of carbonyl (C=O) groups is 2. The Bertz CT molecular complexity index is 643. The van der Waals surface area contributed by atoms with E-state index in [2.05, 4.69) is 11.0 Å². The fourth-order valence-electron chi connectivity index (χ4n) is 3.94. The van der Waals surface area contributed by atoms with Crippen molar-refractivity contribution in [2.45, 2.75) is 44.2 Å². The molecule has 3 rings (SSSR count). The van der Waals surface area contributed by atoms with Gasteiger partial charge < -0.3 is 15.7 Å². The van der Waals surface area contributed by atoms with Crippen LogP contribution >= 0.6 is 0 Å². The highest BCUT2D eigenvalue weighted by atomic mass is 16.3. The van der Waals surface area contributed by atoms with Gasteiger partial charge in [0.05, 0.1) is 18.6 Å². The van der Waals surface area contributed by atoms with Crippen molar-refractivity contribution < 1.29 is 14.7 Å². The lowest BCUT2D eigenvalue weighted by molar-refractivity contribution is -0.125. The molecule has 0 aliphatic carbocycles. The third-order valence-corrected chi connectivity index (χ3v) is 5.12. The number of β-amino-alcohol motifs (C(OH)–C–C–N with tert-alkyl or cyclic N) is 1. The molecule has 6 nitrogen and oxygen atoms in total. The number of nitrogens with zero attached hydrogens (tertiary/aromatic N) is 2. The van der Waals surface area contributed by atoms with E-state index in [9.17, 15) is 14.7 Å². The monoisotopic (exact) mass is 345 g/mol. The normalized spacial score (nSPS) is 24.4. The van der Waals surface area contributed by atoms with Crippen LogP contribution in [-0.2, 0) is 11.3 Å². The summed E-state index contributed by atoms with van der Waals surface area (Å²) < 4.78 is 0.